The molecule has 1 unspecified atom stereocenters. The number of hydrogen-bond donors (Lipinski definition) is 3. The summed E-state index contributed by atoms with van der Waals surface area (Å²) >= 11 is 0. The van der Waals surface area contributed by atoms with Gasteiger partial charge in [0.2, 0.25) is 0 Å². The number of piperidine rings is 1. The van der Waals surface area contributed by atoms with Crippen LogP contribution < -0.4 is 16.4 Å². The largest absolute Gasteiger partial charge is 0.494 e. The topological polar surface area (TPSA) is 120 Å². The van der Waals surface area contributed by atoms with Gasteiger partial charge < -0.3 is 10.4 Å². The predicted molar refractivity (Wildman–Crippen MR) is 104 cm³/mol. The number of pyridine rings is 1. The highest BCUT2D eigenvalue weighted by atomic mass is 16.3. The molecule has 1 aliphatic heterocycles. The van der Waals surface area contributed by atoms with Gasteiger partial charge >= 0.3 is 0 Å². The highest BCUT2D eigenvalue weighted by molar-refractivity contribution is 5.94. The lowest BCUT2D eigenvalue weighted by atomic mass is 10.0. The molecule has 0 aliphatic carbocycles. The minimum Gasteiger partial charge on any atom is -0.494 e. The Morgan fingerprint density at radius 2 is 2.11 bits per heavy atom. The van der Waals surface area contributed by atoms with Crippen LogP contribution in [0.4, 0.5) is 0 Å². The Morgan fingerprint density at radius 3 is 2.89 bits per heavy atom. The number of nitrogens with zero attached hydrogens (tertiary/aromatic N) is 3. The molecule has 9 heteroatoms. The zero-order valence-electron chi connectivity index (χ0n) is 15.9. The number of rotatable bonds is 6. The first-order chi connectivity index (χ1) is 13.4. The van der Waals surface area contributed by atoms with E-state index >= 15 is 0 Å². The van der Waals surface area contributed by atoms with Gasteiger partial charge in [0, 0.05) is 37.3 Å². The van der Waals surface area contributed by atoms with Crippen molar-refractivity contribution in [2.45, 2.75) is 38.8 Å². The van der Waals surface area contributed by atoms with Gasteiger partial charge in [0.25, 0.3) is 17.0 Å². The summed E-state index contributed by atoms with van der Waals surface area (Å²) < 4.78 is 1.47. The molecular weight excluding hydrogens is 362 g/mol. The number of H-pyrrole nitrogens is 1. The number of aromatic hydroxyl groups is 1. The van der Waals surface area contributed by atoms with Gasteiger partial charge in [-0.2, -0.15) is 5.10 Å². The maximum Gasteiger partial charge on any atom is 0.266 e. The van der Waals surface area contributed by atoms with Crippen molar-refractivity contribution in [3.8, 4) is 5.88 Å². The number of hydrogen-bond acceptors (Lipinski definition) is 6. The minimum absolute atomic E-state index is 0.124. The number of aromatic nitrogens is 3. The normalized spacial score (nSPS) is 17.4. The Hall–Kier alpha value is -2.94. The van der Waals surface area contributed by atoms with Gasteiger partial charge in [-0.05, 0) is 32.4 Å². The number of carbonyl (C=O) groups is 1. The maximum absolute atomic E-state index is 12.3. The van der Waals surface area contributed by atoms with Gasteiger partial charge in [-0.15, -0.1) is 0 Å². The summed E-state index contributed by atoms with van der Waals surface area (Å²) in [5, 5.41) is 16.6. The molecule has 1 fully saturated rings. The second-order valence-corrected chi connectivity index (χ2v) is 7.05. The van der Waals surface area contributed by atoms with Crippen LogP contribution >= 0.6 is 0 Å². The molecule has 2 aromatic rings. The average molecular weight is 387 g/mol. The number of aryl methyl sites for hydroxylation is 1. The van der Waals surface area contributed by atoms with Gasteiger partial charge in [0.15, 0.2) is 5.88 Å². The second kappa shape index (κ2) is 8.83. The summed E-state index contributed by atoms with van der Waals surface area (Å²) in [5.41, 5.74) is 0.268. The monoisotopic (exact) mass is 387 g/mol. The van der Waals surface area contributed by atoms with Crippen molar-refractivity contribution in [3.05, 3.63) is 56.2 Å². The Balaban J connectivity index is 1.60. The summed E-state index contributed by atoms with van der Waals surface area (Å²) in [7, 11) is 0. The highest BCUT2D eigenvalue weighted by Gasteiger charge is 2.23. The lowest BCUT2D eigenvalue weighted by Gasteiger charge is -2.35. The van der Waals surface area contributed by atoms with Crippen LogP contribution in [0.3, 0.4) is 0 Å². The van der Waals surface area contributed by atoms with E-state index in [0.717, 1.165) is 37.6 Å². The van der Waals surface area contributed by atoms with Crippen molar-refractivity contribution < 1.29 is 9.90 Å². The Kier molecular flexibility index (Phi) is 6.25. The molecule has 0 bridgehead atoms. The summed E-state index contributed by atoms with van der Waals surface area (Å²) in [6.45, 7) is 4.34. The molecule has 9 nitrogen and oxygen atoms in total. The van der Waals surface area contributed by atoms with E-state index in [4.69, 9.17) is 0 Å². The number of amides is 1. The SMILES string of the molecule is Cc1ccc(=O)n(CCN2CCCCC2CNC(=O)c2cc(O)[nH]c(=O)c2)n1. The van der Waals surface area contributed by atoms with Crippen LogP contribution in [-0.2, 0) is 6.54 Å². The Morgan fingerprint density at radius 1 is 1.29 bits per heavy atom. The molecule has 3 heterocycles. The molecule has 28 heavy (non-hydrogen) atoms. The third-order valence-corrected chi connectivity index (χ3v) is 4.94. The van der Waals surface area contributed by atoms with Gasteiger partial charge in [0.1, 0.15) is 0 Å². The van der Waals surface area contributed by atoms with Gasteiger partial charge in [-0.3, -0.25) is 24.3 Å². The van der Waals surface area contributed by atoms with Crippen molar-refractivity contribution in [3.63, 3.8) is 0 Å². The average Bonchev–Trinajstić information content (AvgIpc) is 2.66. The van der Waals surface area contributed by atoms with Gasteiger partial charge in [0.05, 0.1) is 17.8 Å². The number of carbonyl (C=O) groups excluding carboxylic acids is 1. The minimum atomic E-state index is -0.527. The molecule has 1 aliphatic rings. The van der Waals surface area contributed by atoms with Crippen molar-refractivity contribution in [2.75, 3.05) is 19.6 Å². The maximum atomic E-state index is 12.3. The number of aromatic amines is 1. The summed E-state index contributed by atoms with van der Waals surface area (Å²) in [5.74, 6) is -0.739. The quantitative estimate of drug-likeness (QED) is 0.653. The van der Waals surface area contributed by atoms with Crippen LogP contribution in [0.15, 0.2) is 33.9 Å². The molecule has 1 saturated heterocycles. The van der Waals surface area contributed by atoms with Crippen LogP contribution in [0.2, 0.25) is 0 Å². The molecule has 0 saturated carbocycles. The molecular formula is C19H25N5O4. The second-order valence-electron chi connectivity index (χ2n) is 7.05. The molecule has 3 rings (SSSR count). The van der Waals surface area contributed by atoms with Crippen LogP contribution in [0.5, 0.6) is 5.88 Å². The van der Waals surface area contributed by atoms with Crippen LogP contribution in [0, 0.1) is 6.92 Å². The first kappa shape index (κ1) is 19.8. The van der Waals surface area contributed by atoms with Crippen molar-refractivity contribution in [1.29, 1.82) is 0 Å². The van der Waals surface area contributed by atoms with Crippen molar-refractivity contribution in [2.24, 2.45) is 0 Å². The molecule has 0 spiro atoms. The van der Waals surface area contributed by atoms with E-state index in [-0.39, 0.29) is 23.0 Å². The zero-order chi connectivity index (χ0) is 20.1. The fourth-order valence-corrected chi connectivity index (χ4v) is 3.49. The van der Waals surface area contributed by atoms with E-state index in [0.29, 0.717) is 19.6 Å². The molecule has 3 N–H and O–H groups in total. The molecule has 1 amide bonds. The van der Waals surface area contributed by atoms with E-state index in [1.165, 1.54) is 16.8 Å². The first-order valence-electron chi connectivity index (χ1n) is 9.43. The molecule has 0 aromatic carbocycles. The fraction of sp³-hybridized carbons (Fsp3) is 0.474. The molecule has 2 aromatic heterocycles. The van der Waals surface area contributed by atoms with E-state index < -0.39 is 11.5 Å². The number of likely N-dealkylation sites (tertiary alicyclic amines) is 1. The zero-order valence-corrected chi connectivity index (χ0v) is 15.9. The van der Waals surface area contributed by atoms with Crippen LogP contribution in [-0.4, -0.2) is 56.4 Å². The Bertz CT molecular complexity index is 952. The van der Waals surface area contributed by atoms with Crippen LogP contribution in [0.25, 0.3) is 0 Å². The summed E-state index contributed by atoms with van der Waals surface area (Å²) in [6, 6.07) is 5.75. The number of nitrogens with one attached hydrogen (secondary N) is 2. The standard InChI is InChI=1S/C19H25N5O4/c1-13-5-6-18(27)24(22-13)9-8-23-7-3-2-4-15(23)12-20-19(28)14-10-16(25)21-17(26)11-14/h5-6,10-11,15H,2-4,7-9,12H2,1H3,(H,20,28)(H2,21,25,26). The summed E-state index contributed by atoms with van der Waals surface area (Å²) in [4.78, 5) is 40.1. The van der Waals surface area contributed by atoms with Crippen molar-refractivity contribution >= 4 is 5.91 Å². The van der Waals surface area contributed by atoms with E-state index in [2.05, 4.69) is 20.3 Å². The molecule has 0 radical (unpaired) electrons. The predicted octanol–water partition coefficient (Wildman–Crippen LogP) is 0.230. The molecule has 1 atom stereocenters. The van der Waals surface area contributed by atoms with E-state index in [1.54, 1.807) is 6.07 Å². The van der Waals surface area contributed by atoms with E-state index in [1.807, 2.05) is 6.92 Å². The third kappa shape index (κ3) is 5.07. The third-order valence-electron chi connectivity index (χ3n) is 4.94. The van der Waals surface area contributed by atoms with E-state index in [9.17, 15) is 19.5 Å². The highest BCUT2D eigenvalue weighted by Crippen LogP contribution is 2.16. The van der Waals surface area contributed by atoms with Gasteiger partial charge in [-0.1, -0.05) is 6.42 Å². The van der Waals surface area contributed by atoms with Gasteiger partial charge in [-0.25, -0.2) is 4.68 Å². The molecule has 150 valence electrons. The fourth-order valence-electron chi connectivity index (χ4n) is 3.49. The lowest BCUT2D eigenvalue weighted by Crippen LogP contribution is -2.48. The van der Waals surface area contributed by atoms with Crippen molar-refractivity contribution in [1.82, 2.24) is 25.0 Å². The first-order valence-corrected chi connectivity index (χ1v) is 9.43. The van der Waals surface area contributed by atoms with Crippen LogP contribution in [0.1, 0.15) is 35.3 Å². The lowest BCUT2D eigenvalue weighted by molar-refractivity contribution is 0.0908. The smallest absolute Gasteiger partial charge is 0.266 e. The summed E-state index contributed by atoms with van der Waals surface area (Å²) in [6.07, 6.45) is 3.09. The Labute approximate surface area is 162 Å².